The maximum Gasteiger partial charge on any atom is 0.406 e. The van der Waals surface area contributed by atoms with E-state index in [1.807, 2.05) is 0 Å². The lowest BCUT2D eigenvalue weighted by Gasteiger charge is -2.41. The minimum Gasteiger partial charge on any atom is -0.381 e. The Kier molecular flexibility index (Phi) is 3.42. The van der Waals surface area contributed by atoms with Crippen LogP contribution in [-0.4, -0.2) is 32.0 Å². The molecule has 0 aromatic carbocycles. The van der Waals surface area contributed by atoms with Crippen molar-refractivity contribution in [2.45, 2.75) is 43.5 Å². The van der Waals surface area contributed by atoms with Crippen molar-refractivity contribution in [3.05, 3.63) is 0 Å². The minimum atomic E-state index is -4.20. The van der Waals surface area contributed by atoms with Gasteiger partial charge in [-0.1, -0.05) is 0 Å². The SMILES string of the molecule is CNC1(C(F)(F)F)CCCC(OC)C1. The first-order valence-corrected chi connectivity index (χ1v) is 4.73. The van der Waals surface area contributed by atoms with Crippen molar-refractivity contribution in [1.29, 1.82) is 0 Å². The smallest absolute Gasteiger partial charge is 0.381 e. The summed E-state index contributed by atoms with van der Waals surface area (Å²) in [6.07, 6.45) is -3.04. The van der Waals surface area contributed by atoms with E-state index in [9.17, 15) is 13.2 Å². The van der Waals surface area contributed by atoms with Gasteiger partial charge < -0.3 is 10.1 Å². The summed E-state index contributed by atoms with van der Waals surface area (Å²) in [6.45, 7) is 0. The topological polar surface area (TPSA) is 21.3 Å². The van der Waals surface area contributed by atoms with Crippen LogP contribution in [0.5, 0.6) is 0 Å². The van der Waals surface area contributed by atoms with Crippen molar-refractivity contribution in [1.82, 2.24) is 5.32 Å². The molecule has 1 saturated carbocycles. The molecule has 1 aliphatic rings. The van der Waals surface area contributed by atoms with Crippen LogP contribution in [0.15, 0.2) is 0 Å². The van der Waals surface area contributed by atoms with E-state index in [-0.39, 0.29) is 18.9 Å². The molecule has 1 aliphatic carbocycles. The van der Waals surface area contributed by atoms with Crippen LogP contribution in [-0.2, 0) is 4.74 Å². The zero-order valence-corrected chi connectivity index (χ0v) is 8.45. The summed E-state index contributed by atoms with van der Waals surface area (Å²) in [5, 5.41) is 2.42. The van der Waals surface area contributed by atoms with Crippen LogP contribution in [0, 0.1) is 0 Å². The summed E-state index contributed by atoms with van der Waals surface area (Å²) in [5.74, 6) is 0. The number of hydrogen-bond donors (Lipinski definition) is 1. The molecule has 5 heteroatoms. The van der Waals surface area contributed by atoms with Crippen molar-refractivity contribution in [3.63, 3.8) is 0 Å². The largest absolute Gasteiger partial charge is 0.406 e. The average molecular weight is 211 g/mol. The predicted molar refractivity (Wildman–Crippen MR) is 47.1 cm³/mol. The van der Waals surface area contributed by atoms with E-state index in [4.69, 9.17) is 4.74 Å². The Morgan fingerprint density at radius 3 is 2.50 bits per heavy atom. The zero-order valence-electron chi connectivity index (χ0n) is 8.45. The molecule has 0 radical (unpaired) electrons. The number of halogens is 3. The third-order valence-corrected chi connectivity index (χ3v) is 3.06. The lowest BCUT2D eigenvalue weighted by Crippen LogP contribution is -2.58. The van der Waals surface area contributed by atoms with Gasteiger partial charge in [0.25, 0.3) is 0 Å². The molecule has 2 unspecified atom stereocenters. The molecule has 0 aromatic rings. The Bertz CT molecular complexity index is 195. The van der Waals surface area contributed by atoms with Crippen molar-refractivity contribution in [3.8, 4) is 0 Å². The molecule has 2 atom stereocenters. The van der Waals surface area contributed by atoms with E-state index in [0.717, 1.165) is 6.42 Å². The minimum absolute atomic E-state index is 0.0174. The first kappa shape index (κ1) is 11.8. The molecule has 0 spiro atoms. The highest BCUT2D eigenvalue weighted by atomic mass is 19.4. The molecule has 2 nitrogen and oxygen atoms in total. The molecule has 1 rings (SSSR count). The second-order valence-electron chi connectivity index (χ2n) is 3.78. The van der Waals surface area contributed by atoms with Crippen LogP contribution in [0.4, 0.5) is 13.2 Å². The van der Waals surface area contributed by atoms with E-state index in [1.165, 1.54) is 14.2 Å². The van der Waals surface area contributed by atoms with Crippen LogP contribution in [0.3, 0.4) is 0 Å². The molecular weight excluding hydrogens is 195 g/mol. The summed E-state index contributed by atoms with van der Waals surface area (Å²) in [4.78, 5) is 0. The molecular formula is C9H16F3NO. The van der Waals surface area contributed by atoms with Gasteiger partial charge in [0.15, 0.2) is 0 Å². The number of hydrogen-bond acceptors (Lipinski definition) is 2. The van der Waals surface area contributed by atoms with Gasteiger partial charge in [0.2, 0.25) is 0 Å². The van der Waals surface area contributed by atoms with Crippen LogP contribution in [0.1, 0.15) is 25.7 Å². The van der Waals surface area contributed by atoms with Gasteiger partial charge in [-0.15, -0.1) is 0 Å². The maximum absolute atomic E-state index is 12.8. The van der Waals surface area contributed by atoms with Crippen molar-refractivity contribution >= 4 is 0 Å². The lowest BCUT2D eigenvalue weighted by molar-refractivity contribution is -0.213. The van der Waals surface area contributed by atoms with Crippen molar-refractivity contribution in [2.75, 3.05) is 14.2 Å². The Labute approximate surface area is 81.8 Å². The second kappa shape index (κ2) is 4.06. The van der Waals surface area contributed by atoms with Gasteiger partial charge in [0.1, 0.15) is 5.54 Å². The fourth-order valence-corrected chi connectivity index (χ4v) is 2.05. The molecule has 1 fully saturated rings. The van der Waals surface area contributed by atoms with Crippen LogP contribution >= 0.6 is 0 Å². The quantitative estimate of drug-likeness (QED) is 0.755. The van der Waals surface area contributed by atoms with Gasteiger partial charge in [-0.25, -0.2) is 0 Å². The van der Waals surface area contributed by atoms with Gasteiger partial charge in [0, 0.05) is 13.5 Å². The molecule has 1 N–H and O–H groups in total. The monoisotopic (exact) mass is 211 g/mol. The third kappa shape index (κ3) is 2.03. The van der Waals surface area contributed by atoms with Gasteiger partial charge in [-0.2, -0.15) is 13.2 Å². The van der Waals surface area contributed by atoms with E-state index >= 15 is 0 Å². The van der Waals surface area contributed by atoms with E-state index in [2.05, 4.69) is 5.32 Å². The zero-order chi connectivity index (χ0) is 10.8. The summed E-state index contributed by atoms with van der Waals surface area (Å²) in [5.41, 5.74) is -1.74. The Morgan fingerprint density at radius 2 is 2.07 bits per heavy atom. The standard InChI is InChI=1S/C9H16F3NO/c1-13-8(9(10,11)12)5-3-4-7(6-8)14-2/h7,13H,3-6H2,1-2H3. The van der Waals surface area contributed by atoms with Crippen molar-refractivity contribution < 1.29 is 17.9 Å². The molecule has 14 heavy (non-hydrogen) atoms. The average Bonchev–Trinajstić information content (AvgIpc) is 2.16. The van der Waals surface area contributed by atoms with Gasteiger partial charge in [-0.05, 0) is 26.3 Å². The van der Waals surface area contributed by atoms with E-state index < -0.39 is 11.7 Å². The Hall–Kier alpha value is -0.290. The summed E-state index contributed by atoms with van der Waals surface area (Å²) in [7, 11) is 2.83. The number of rotatable bonds is 2. The normalized spacial score (nSPS) is 34.5. The molecule has 0 aliphatic heterocycles. The number of methoxy groups -OCH3 is 1. The fraction of sp³-hybridized carbons (Fsp3) is 1.00. The third-order valence-electron chi connectivity index (χ3n) is 3.06. The predicted octanol–water partition coefficient (Wildman–Crippen LogP) is 2.10. The highest BCUT2D eigenvalue weighted by molar-refractivity contribution is 4.99. The summed E-state index contributed by atoms with van der Waals surface area (Å²) < 4.78 is 43.4. The van der Waals surface area contributed by atoms with Crippen LogP contribution < -0.4 is 5.32 Å². The number of alkyl halides is 3. The Morgan fingerprint density at radius 1 is 1.43 bits per heavy atom. The molecule has 0 bridgehead atoms. The van der Waals surface area contributed by atoms with Gasteiger partial charge >= 0.3 is 6.18 Å². The first-order valence-electron chi connectivity index (χ1n) is 4.73. The molecule has 0 aromatic heterocycles. The fourth-order valence-electron chi connectivity index (χ4n) is 2.05. The highest BCUT2D eigenvalue weighted by Crippen LogP contribution is 2.41. The number of nitrogens with one attached hydrogen (secondary N) is 1. The van der Waals surface area contributed by atoms with E-state index in [0.29, 0.717) is 6.42 Å². The number of ether oxygens (including phenoxy) is 1. The molecule has 0 heterocycles. The lowest BCUT2D eigenvalue weighted by atomic mass is 9.79. The summed E-state index contributed by atoms with van der Waals surface area (Å²) >= 11 is 0. The Balaban J connectivity index is 2.78. The summed E-state index contributed by atoms with van der Waals surface area (Å²) in [6, 6.07) is 0. The molecule has 0 amide bonds. The van der Waals surface area contributed by atoms with Gasteiger partial charge in [0.05, 0.1) is 6.10 Å². The molecule has 0 saturated heterocycles. The van der Waals surface area contributed by atoms with Gasteiger partial charge in [-0.3, -0.25) is 0 Å². The second-order valence-corrected chi connectivity index (χ2v) is 3.78. The molecule has 84 valence electrons. The maximum atomic E-state index is 12.8. The highest BCUT2D eigenvalue weighted by Gasteiger charge is 2.55. The van der Waals surface area contributed by atoms with E-state index in [1.54, 1.807) is 0 Å². The first-order chi connectivity index (χ1) is 6.45. The van der Waals surface area contributed by atoms with Crippen LogP contribution in [0.2, 0.25) is 0 Å². The van der Waals surface area contributed by atoms with Crippen LogP contribution in [0.25, 0.3) is 0 Å². The van der Waals surface area contributed by atoms with Crippen molar-refractivity contribution in [2.24, 2.45) is 0 Å².